The van der Waals surface area contributed by atoms with Gasteiger partial charge in [0.15, 0.2) is 0 Å². The summed E-state index contributed by atoms with van der Waals surface area (Å²) in [6.07, 6.45) is -0.530. The van der Waals surface area contributed by atoms with Crippen molar-refractivity contribution in [1.29, 1.82) is 0 Å². The quantitative estimate of drug-likeness (QED) is 0.408. The molecule has 0 aliphatic heterocycles. The molecule has 7 nitrogen and oxygen atoms in total. The predicted molar refractivity (Wildman–Crippen MR) is 120 cm³/mol. The summed E-state index contributed by atoms with van der Waals surface area (Å²) >= 11 is 0. The molecule has 2 amide bonds. The van der Waals surface area contributed by atoms with Crippen LogP contribution in [0.5, 0.6) is 5.75 Å². The minimum absolute atomic E-state index is 0.132. The molecule has 0 aliphatic carbocycles. The first-order valence-electron chi connectivity index (χ1n) is 10.2. The third-order valence-electron chi connectivity index (χ3n) is 4.52. The molecule has 32 heavy (non-hydrogen) atoms. The van der Waals surface area contributed by atoms with Gasteiger partial charge in [-0.3, -0.25) is 9.59 Å². The second kappa shape index (κ2) is 11.3. The van der Waals surface area contributed by atoms with Crippen LogP contribution in [-0.2, 0) is 22.5 Å². The van der Waals surface area contributed by atoms with Gasteiger partial charge in [0.2, 0.25) is 5.91 Å². The van der Waals surface area contributed by atoms with Crippen molar-refractivity contribution >= 4 is 23.7 Å². The summed E-state index contributed by atoms with van der Waals surface area (Å²) in [6, 6.07) is 22.9. The van der Waals surface area contributed by atoms with Gasteiger partial charge in [-0.25, -0.2) is 4.79 Å². The van der Waals surface area contributed by atoms with E-state index in [0.717, 1.165) is 11.1 Å². The van der Waals surface area contributed by atoms with Crippen molar-refractivity contribution in [3.63, 3.8) is 0 Å². The molecule has 0 atom stereocenters. The molecule has 0 spiro atoms. The molecule has 7 heteroatoms. The maximum Gasteiger partial charge on any atom is 0.513 e. The van der Waals surface area contributed by atoms with Gasteiger partial charge in [-0.05, 0) is 48.4 Å². The molecule has 0 saturated carbocycles. The zero-order chi connectivity index (χ0) is 22.8. The van der Waals surface area contributed by atoms with Crippen LogP contribution < -0.4 is 15.4 Å². The van der Waals surface area contributed by atoms with Crippen LogP contribution in [0.25, 0.3) is 0 Å². The first kappa shape index (κ1) is 22.6. The summed E-state index contributed by atoms with van der Waals surface area (Å²) in [7, 11) is 0. The molecule has 3 aromatic rings. The molecule has 0 fully saturated rings. The highest BCUT2D eigenvalue weighted by Gasteiger charge is 2.11. The van der Waals surface area contributed by atoms with E-state index >= 15 is 0 Å². The fourth-order valence-electron chi connectivity index (χ4n) is 2.97. The first-order valence-corrected chi connectivity index (χ1v) is 10.2. The first-order chi connectivity index (χ1) is 15.5. The monoisotopic (exact) mass is 432 g/mol. The van der Waals surface area contributed by atoms with E-state index < -0.39 is 6.16 Å². The lowest BCUT2D eigenvalue weighted by molar-refractivity contribution is -0.115. The minimum Gasteiger partial charge on any atom is -0.434 e. The number of anilines is 1. The average molecular weight is 432 g/mol. The highest BCUT2D eigenvalue weighted by Crippen LogP contribution is 2.17. The molecule has 3 aromatic carbocycles. The maximum absolute atomic E-state index is 12.5. The van der Waals surface area contributed by atoms with Crippen molar-refractivity contribution in [2.45, 2.75) is 19.9 Å². The van der Waals surface area contributed by atoms with Gasteiger partial charge < -0.3 is 20.1 Å². The molecule has 0 bridgehead atoms. The number of amides is 2. The van der Waals surface area contributed by atoms with Crippen LogP contribution in [0.2, 0.25) is 0 Å². The van der Waals surface area contributed by atoms with E-state index in [4.69, 9.17) is 9.47 Å². The van der Waals surface area contributed by atoms with Gasteiger partial charge >= 0.3 is 6.16 Å². The molecule has 3 rings (SSSR count). The number of benzene rings is 3. The van der Waals surface area contributed by atoms with Crippen molar-refractivity contribution in [3.8, 4) is 5.75 Å². The third-order valence-corrected chi connectivity index (χ3v) is 4.52. The van der Waals surface area contributed by atoms with E-state index in [-0.39, 0.29) is 37.1 Å². The third kappa shape index (κ3) is 6.70. The van der Waals surface area contributed by atoms with E-state index in [9.17, 15) is 14.4 Å². The van der Waals surface area contributed by atoms with E-state index in [0.29, 0.717) is 11.3 Å². The van der Waals surface area contributed by atoms with Crippen LogP contribution in [0.3, 0.4) is 0 Å². The van der Waals surface area contributed by atoms with Gasteiger partial charge in [-0.2, -0.15) is 0 Å². The zero-order valence-electron chi connectivity index (χ0n) is 17.7. The smallest absolute Gasteiger partial charge is 0.434 e. The Labute approximate surface area is 186 Å². The Balaban J connectivity index is 1.57. The summed E-state index contributed by atoms with van der Waals surface area (Å²) in [5.74, 6) is -0.142. The number of ether oxygens (including phenoxy) is 2. The van der Waals surface area contributed by atoms with Crippen LogP contribution in [-0.4, -0.2) is 24.6 Å². The molecular formula is C25H24N2O5. The fraction of sp³-hybridized carbons (Fsp3) is 0.160. The molecule has 0 aliphatic rings. The lowest BCUT2D eigenvalue weighted by atomic mass is 10.1. The maximum atomic E-state index is 12.5. The summed E-state index contributed by atoms with van der Waals surface area (Å²) in [5, 5.41) is 5.74. The Bertz CT molecular complexity index is 1070. The summed E-state index contributed by atoms with van der Waals surface area (Å²) in [4.78, 5) is 36.2. The fourth-order valence-corrected chi connectivity index (χ4v) is 2.97. The van der Waals surface area contributed by atoms with Crippen LogP contribution in [0.15, 0.2) is 78.9 Å². The van der Waals surface area contributed by atoms with E-state index in [1.807, 2.05) is 48.5 Å². The van der Waals surface area contributed by atoms with Gasteiger partial charge in [0, 0.05) is 17.8 Å². The van der Waals surface area contributed by atoms with E-state index in [1.54, 1.807) is 25.1 Å². The Hall–Kier alpha value is -4.13. The molecule has 164 valence electrons. The topological polar surface area (TPSA) is 93.7 Å². The van der Waals surface area contributed by atoms with Crippen molar-refractivity contribution in [2.75, 3.05) is 11.9 Å². The summed E-state index contributed by atoms with van der Waals surface area (Å²) in [5.41, 5.74) is 2.76. The Kier molecular flexibility index (Phi) is 7.97. The highest BCUT2D eigenvalue weighted by atomic mass is 16.7. The van der Waals surface area contributed by atoms with Gasteiger partial charge in [0.05, 0.1) is 13.0 Å². The largest absolute Gasteiger partial charge is 0.513 e. The van der Waals surface area contributed by atoms with E-state index in [1.165, 1.54) is 12.1 Å². The van der Waals surface area contributed by atoms with Crippen LogP contribution in [0, 0.1) is 0 Å². The molecule has 0 heterocycles. The number of nitrogens with one attached hydrogen (secondary N) is 2. The number of para-hydroxylation sites is 1. The van der Waals surface area contributed by atoms with Crippen molar-refractivity contribution in [2.24, 2.45) is 0 Å². The minimum atomic E-state index is -0.796. The summed E-state index contributed by atoms with van der Waals surface area (Å²) < 4.78 is 9.69. The molecule has 0 unspecified atom stereocenters. The summed E-state index contributed by atoms with van der Waals surface area (Å²) in [6.45, 7) is 2.14. The number of carbonyl (C=O) groups is 3. The van der Waals surface area contributed by atoms with Crippen molar-refractivity contribution in [3.05, 3.63) is 95.6 Å². The van der Waals surface area contributed by atoms with E-state index in [2.05, 4.69) is 10.6 Å². The average Bonchev–Trinajstić information content (AvgIpc) is 2.79. The van der Waals surface area contributed by atoms with Crippen molar-refractivity contribution < 1.29 is 23.9 Å². The van der Waals surface area contributed by atoms with Crippen LogP contribution in [0.1, 0.15) is 28.4 Å². The number of carbonyl (C=O) groups excluding carboxylic acids is 3. The van der Waals surface area contributed by atoms with Gasteiger partial charge in [0.25, 0.3) is 5.91 Å². The van der Waals surface area contributed by atoms with Gasteiger partial charge in [-0.1, -0.05) is 48.5 Å². The number of rotatable bonds is 8. The zero-order valence-corrected chi connectivity index (χ0v) is 17.7. The lowest BCUT2D eigenvalue weighted by Crippen LogP contribution is -2.24. The SMILES string of the molecule is CCOC(=O)Oc1ccc(C(=O)NCc2ccccc2NC(=O)Cc2ccccc2)cc1. The lowest BCUT2D eigenvalue weighted by Gasteiger charge is -2.12. The Morgan fingerprint density at radius 3 is 2.25 bits per heavy atom. The molecule has 0 saturated heterocycles. The van der Waals surface area contributed by atoms with Crippen LogP contribution in [0.4, 0.5) is 10.5 Å². The van der Waals surface area contributed by atoms with Crippen molar-refractivity contribution in [1.82, 2.24) is 5.32 Å². The van der Waals surface area contributed by atoms with Gasteiger partial charge in [0.1, 0.15) is 5.75 Å². The van der Waals surface area contributed by atoms with Gasteiger partial charge in [-0.15, -0.1) is 0 Å². The second-order valence-corrected chi connectivity index (χ2v) is 6.86. The predicted octanol–water partition coefficient (Wildman–Crippen LogP) is 4.33. The molecule has 0 radical (unpaired) electrons. The normalized spacial score (nSPS) is 10.2. The number of hydrogen-bond donors (Lipinski definition) is 2. The Morgan fingerprint density at radius 2 is 1.53 bits per heavy atom. The second-order valence-electron chi connectivity index (χ2n) is 6.86. The molecular weight excluding hydrogens is 408 g/mol. The highest BCUT2D eigenvalue weighted by molar-refractivity contribution is 5.95. The standard InChI is InChI=1S/C25H24N2O5/c1-2-31-25(30)32-21-14-12-19(13-15-21)24(29)26-17-20-10-6-7-11-22(20)27-23(28)16-18-8-4-3-5-9-18/h3-15H,2,16-17H2,1H3,(H,26,29)(H,27,28). The van der Waals surface area contributed by atoms with Crippen LogP contribution >= 0.6 is 0 Å². The Morgan fingerprint density at radius 1 is 0.844 bits per heavy atom. The molecule has 0 aromatic heterocycles. The molecule has 2 N–H and O–H groups in total. The number of hydrogen-bond acceptors (Lipinski definition) is 5.